The Kier molecular flexibility index (Phi) is 9.68. The average molecular weight is 395 g/mol. The Morgan fingerprint density at radius 2 is 1.69 bits per heavy atom. The first-order valence-corrected chi connectivity index (χ1v) is 11.3. The number of unbranched alkanes of at least 4 members (excludes halogenated alkanes) is 6. The molecule has 1 fully saturated rings. The van der Waals surface area contributed by atoms with Gasteiger partial charge < -0.3 is 14.6 Å². The highest BCUT2D eigenvalue weighted by Gasteiger charge is 2.48. The number of Topliss-reactive ketones (excluding diaryl/α,β-unsaturated/α-hetero) is 1. The van der Waals surface area contributed by atoms with Crippen LogP contribution in [0.25, 0.3) is 0 Å². The third-order valence-electron chi connectivity index (χ3n) is 4.31. The number of hydrogen-bond donors (Lipinski definition) is 1. The van der Waals surface area contributed by atoms with Gasteiger partial charge in [0.05, 0.1) is 12.9 Å². The number of ketones is 1. The molecule has 26 heavy (non-hydrogen) atoms. The van der Waals surface area contributed by atoms with Crippen molar-refractivity contribution in [3.05, 3.63) is 0 Å². The van der Waals surface area contributed by atoms with Crippen molar-refractivity contribution in [2.45, 2.75) is 96.2 Å². The smallest absolute Gasteiger partial charge is 0.264 e. The van der Waals surface area contributed by atoms with Crippen LogP contribution >= 0.6 is 0 Å². The highest BCUT2D eigenvalue weighted by Crippen LogP contribution is 2.31. The molecule has 0 aromatic rings. The van der Waals surface area contributed by atoms with Gasteiger partial charge in [0.25, 0.3) is 10.1 Å². The minimum atomic E-state index is -3.68. The van der Waals surface area contributed by atoms with Gasteiger partial charge in [-0.1, -0.05) is 45.4 Å². The summed E-state index contributed by atoms with van der Waals surface area (Å²) >= 11 is 0. The predicted molar refractivity (Wildman–Crippen MR) is 98.2 cm³/mol. The summed E-state index contributed by atoms with van der Waals surface area (Å²) in [6, 6.07) is 0. The molecule has 0 unspecified atom stereocenters. The highest BCUT2D eigenvalue weighted by molar-refractivity contribution is 7.85. The molecule has 0 aliphatic carbocycles. The normalized spacial score (nSPS) is 23.9. The van der Waals surface area contributed by atoms with Crippen LogP contribution in [0, 0.1) is 0 Å². The third kappa shape index (κ3) is 8.90. The molecule has 7 nitrogen and oxygen atoms in total. The maximum atomic E-state index is 12.5. The molecule has 1 heterocycles. The molecule has 0 amide bonds. The first kappa shape index (κ1) is 23.5. The molecule has 0 aromatic heterocycles. The predicted octanol–water partition coefficient (Wildman–Crippen LogP) is 2.55. The van der Waals surface area contributed by atoms with Crippen molar-refractivity contribution in [1.29, 1.82) is 0 Å². The molecule has 1 aliphatic heterocycles. The summed E-state index contributed by atoms with van der Waals surface area (Å²) in [7, 11) is -3.68. The Bertz CT molecular complexity index is 530. The van der Waals surface area contributed by atoms with Gasteiger partial charge in [-0.25, -0.2) is 0 Å². The zero-order chi connectivity index (χ0) is 19.8. The van der Waals surface area contributed by atoms with Gasteiger partial charge in [-0.3, -0.25) is 8.98 Å². The van der Waals surface area contributed by atoms with Crippen molar-refractivity contribution in [3.8, 4) is 0 Å². The lowest BCUT2D eigenvalue weighted by molar-refractivity contribution is -0.160. The molecule has 1 saturated heterocycles. The molecule has 3 atom stereocenters. The number of carbonyl (C=O) groups is 1. The Morgan fingerprint density at radius 1 is 1.12 bits per heavy atom. The molecule has 1 aliphatic rings. The van der Waals surface area contributed by atoms with Gasteiger partial charge >= 0.3 is 0 Å². The van der Waals surface area contributed by atoms with Crippen LogP contribution < -0.4 is 0 Å². The van der Waals surface area contributed by atoms with E-state index in [1.54, 1.807) is 13.8 Å². The van der Waals surface area contributed by atoms with Crippen LogP contribution in [0.1, 0.15) is 72.1 Å². The van der Waals surface area contributed by atoms with Crippen LogP contribution in [0.5, 0.6) is 0 Å². The lowest BCUT2D eigenvalue weighted by Gasteiger charge is -2.21. The second-order valence-corrected chi connectivity index (χ2v) is 9.06. The van der Waals surface area contributed by atoms with Gasteiger partial charge in [-0.15, -0.1) is 0 Å². The lowest BCUT2D eigenvalue weighted by atomic mass is 10.00. The quantitative estimate of drug-likeness (QED) is 0.378. The molecule has 8 heteroatoms. The molecular formula is C18H34O7S. The van der Waals surface area contributed by atoms with Crippen molar-refractivity contribution < 1.29 is 32.0 Å². The SMILES string of the molecule is CCCCCCCCCC(=O)[C@@H]1OC(C)(C)O[C@@H]1[C@@H](O)COS(C)(=O)=O. The standard InChI is InChI=1S/C18H34O7S/c1-5-6-7-8-9-10-11-12-14(19)16-17(25-18(2,3)24-16)15(20)13-23-26(4,21)22/h15-17,20H,5-13H2,1-4H3/t15-,16-,17+/m0/s1. The van der Waals surface area contributed by atoms with Crippen LogP contribution in [-0.4, -0.2) is 56.3 Å². The number of carbonyl (C=O) groups excluding carboxylic acids is 1. The fraction of sp³-hybridized carbons (Fsp3) is 0.944. The number of aliphatic hydroxyl groups excluding tert-OH is 1. The molecule has 0 aromatic carbocycles. The third-order valence-corrected chi connectivity index (χ3v) is 4.87. The second kappa shape index (κ2) is 10.7. The van der Waals surface area contributed by atoms with Gasteiger partial charge in [0.15, 0.2) is 11.6 Å². The van der Waals surface area contributed by atoms with Crippen LogP contribution in [0.15, 0.2) is 0 Å². The van der Waals surface area contributed by atoms with E-state index in [2.05, 4.69) is 11.1 Å². The van der Waals surface area contributed by atoms with Crippen molar-refractivity contribution in [2.75, 3.05) is 12.9 Å². The minimum Gasteiger partial charge on any atom is -0.388 e. The van der Waals surface area contributed by atoms with Crippen molar-refractivity contribution >= 4 is 15.9 Å². The molecule has 1 N–H and O–H groups in total. The first-order valence-electron chi connectivity index (χ1n) is 9.46. The van der Waals surface area contributed by atoms with Crippen molar-refractivity contribution in [2.24, 2.45) is 0 Å². The molecule has 0 spiro atoms. The van der Waals surface area contributed by atoms with E-state index in [9.17, 15) is 18.3 Å². The fourth-order valence-corrected chi connectivity index (χ4v) is 3.39. The monoisotopic (exact) mass is 394 g/mol. The van der Waals surface area contributed by atoms with Crippen molar-refractivity contribution in [3.63, 3.8) is 0 Å². The lowest BCUT2D eigenvalue weighted by Crippen LogP contribution is -2.42. The molecule has 154 valence electrons. The van der Waals surface area contributed by atoms with E-state index in [0.717, 1.165) is 25.5 Å². The van der Waals surface area contributed by atoms with Gasteiger partial charge in [0, 0.05) is 6.42 Å². The van der Waals surface area contributed by atoms with E-state index in [1.807, 2.05) is 0 Å². The van der Waals surface area contributed by atoms with E-state index in [0.29, 0.717) is 6.42 Å². The van der Waals surface area contributed by atoms with Crippen LogP contribution in [-0.2, 0) is 28.6 Å². The van der Waals surface area contributed by atoms with E-state index in [-0.39, 0.29) is 5.78 Å². The second-order valence-electron chi connectivity index (χ2n) is 7.41. The van der Waals surface area contributed by atoms with E-state index < -0.39 is 40.8 Å². The summed E-state index contributed by atoms with van der Waals surface area (Å²) in [5.74, 6) is -1.15. The van der Waals surface area contributed by atoms with Gasteiger partial charge in [0.2, 0.25) is 0 Å². The zero-order valence-corrected chi connectivity index (χ0v) is 17.2. The Labute approximate surface area is 157 Å². The zero-order valence-electron chi connectivity index (χ0n) is 16.4. The number of rotatable bonds is 13. The van der Waals surface area contributed by atoms with E-state index in [4.69, 9.17) is 9.47 Å². The number of aliphatic hydroxyl groups is 1. The van der Waals surface area contributed by atoms with E-state index in [1.165, 1.54) is 25.7 Å². The van der Waals surface area contributed by atoms with Crippen molar-refractivity contribution in [1.82, 2.24) is 0 Å². The van der Waals surface area contributed by atoms with Gasteiger partial charge in [-0.05, 0) is 20.3 Å². The number of ether oxygens (including phenoxy) is 2. The Balaban J connectivity index is 2.48. The molecule has 0 radical (unpaired) electrons. The molecule has 1 rings (SSSR count). The highest BCUT2D eigenvalue weighted by atomic mass is 32.2. The summed E-state index contributed by atoms with van der Waals surface area (Å²) in [4.78, 5) is 12.5. The Hall–Kier alpha value is -0.540. The maximum absolute atomic E-state index is 12.5. The van der Waals surface area contributed by atoms with Gasteiger partial charge in [0.1, 0.15) is 18.3 Å². The van der Waals surface area contributed by atoms with Gasteiger partial charge in [-0.2, -0.15) is 8.42 Å². The molecular weight excluding hydrogens is 360 g/mol. The summed E-state index contributed by atoms with van der Waals surface area (Å²) in [5, 5.41) is 10.2. The minimum absolute atomic E-state index is 0.132. The maximum Gasteiger partial charge on any atom is 0.264 e. The summed E-state index contributed by atoms with van der Waals surface area (Å²) in [6.07, 6.45) is 5.86. The van der Waals surface area contributed by atoms with Crippen LogP contribution in [0.2, 0.25) is 0 Å². The molecule has 0 bridgehead atoms. The topological polar surface area (TPSA) is 99.1 Å². The largest absolute Gasteiger partial charge is 0.388 e. The number of hydrogen-bond acceptors (Lipinski definition) is 7. The van der Waals surface area contributed by atoms with Crippen LogP contribution in [0.4, 0.5) is 0 Å². The van der Waals surface area contributed by atoms with Crippen LogP contribution in [0.3, 0.4) is 0 Å². The first-order chi connectivity index (χ1) is 12.1. The van der Waals surface area contributed by atoms with E-state index >= 15 is 0 Å². The molecule has 0 saturated carbocycles. The summed E-state index contributed by atoms with van der Waals surface area (Å²) in [6.45, 7) is 5.02. The average Bonchev–Trinajstić information content (AvgIpc) is 2.87. The summed E-state index contributed by atoms with van der Waals surface area (Å²) < 4.78 is 38.1. The fourth-order valence-electron chi connectivity index (χ4n) is 3.01. The Morgan fingerprint density at radius 3 is 2.27 bits per heavy atom. The summed E-state index contributed by atoms with van der Waals surface area (Å²) in [5.41, 5.74) is 0.